The van der Waals surface area contributed by atoms with Crippen LogP contribution in [0.1, 0.15) is 60.3 Å². The van der Waals surface area contributed by atoms with Gasteiger partial charge in [0, 0.05) is 32.0 Å². The maximum atomic E-state index is 5.79. The van der Waals surface area contributed by atoms with Gasteiger partial charge in [0.2, 0.25) is 0 Å². The van der Waals surface area contributed by atoms with E-state index >= 15 is 0 Å². The summed E-state index contributed by atoms with van der Waals surface area (Å²) in [4.78, 5) is 9.08. The second-order valence-corrected chi connectivity index (χ2v) is 8.09. The van der Waals surface area contributed by atoms with Crippen molar-refractivity contribution in [3.63, 3.8) is 0 Å². The highest BCUT2D eigenvalue weighted by molar-refractivity contribution is 5.28. The Hall–Kier alpha value is -2.76. The third-order valence-corrected chi connectivity index (χ3v) is 5.70. The molecule has 162 valence electrons. The second kappa shape index (κ2) is 11.0. The molecule has 4 rings (SSSR count). The van der Waals surface area contributed by atoms with E-state index < -0.39 is 0 Å². The topological polar surface area (TPSA) is 59.1 Å². The van der Waals surface area contributed by atoms with E-state index in [1.807, 2.05) is 30.6 Å². The molecule has 0 saturated carbocycles. The number of ether oxygens (including phenoxy) is 1. The Kier molecular flexibility index (Phi) is 7.64. The van der Waals surface area contributed by atoms with Crippen molar-refractivity contribution in [2.75, 3.05) is 6.61 Å². The summed E-state index contributed by atoms with van der Waals surface area (Å²) in [6.45, 7) is 5.18. The number of hydrogen-bond acceptors (Lipinski definition) is 5. The number of benzene rings is 1. The average Bonchev–Trinajstić information content (AvgIpc) is 2.83. The normalized spacial score (nSPS) is 15.5. The Balaban J connectivity index is 1.26. The molecular formula is C26H32N4O. The minimum atomic E-state index is 0.355. The van der Waals surface area contributed by atoms with Crippen molar-refractivity contribution in [1.82, 2.24) is 20.6 Å². The summed E-state index contributed by atoms with van der Waals surface area (Å²) < 4.78 is 5.79. The molecule has 1 unspecified atom stereocenters. The van der Waals surface area contributed by atoms with Crippen molar-refractivity contribution >= 4 is 0 Å². The highest BCUT2D eigenvalue weighted by atomic mass is 16.5. The van der Waals surface area contributed by atoms with Crippen molar-refractivity contribution in [2.24, 2.45) is 0 Å². The Bertz CT molecular complexity index is 958. The molecule has 0 fully saturated rings. The largest absolute Gasteiger partial charge is 0.492 e. The molecule has 31 heavy (non-hydrogen) atoms. The number of rotatable bonds is 10. The second-order valence-electron chi connectivity index (χ2n) is 8.09. The summed E-state index contributed by atoms with van der Waals surface area (Å²) in [5.41, 5.74) is 6.14. The summed E-state index contributed by atoms with van der Waals surface area (Å²) in [5, 5.41) is 7.18. The lowest BCUT2D eigenvalue weighted by molar-refractivity contribution is 0.311. The van der Waals surface area contributed by atoms with E-state index in [2.05, 4.69) is 57.9 Å². The van der Waals surface area contributed by atoms with Gasteiger partial charge in [0.25, 0.3) is 0 Å². The van der Waals surface area contributed by atoms with E-state index in [-0.39, 0.29) is 0 Å². The van der Waals surface area contributed by atoms with Gasteiger partial charge in [-0.25, -0.2) is 0 Å². The van der Waals surface area contributed by atoms with Crippen molar-refractivity contribution in [3.05, 3.63) is 89.0 Å². The van der Waals surface area contributed by atoms with Gasteiger partial charge in [-0.3, -0.25) is 9.97 Å². The van der Waals surface area contributed by atoms with Gasteiger partial charge in [0.15, 0.2) is 0 Å². The highest BCUT2D eigenvalue weighted by Gasteiger charge is 2.20. The maximum Gasteiger partial charge on any atom is 0.142 e. The van der Waals surface area contributed by atoms with Crippen molar-refractivity contribution in [2.45, 2.75) is 58.3 Å². The SMILES string of the molecule is CCCOc1cccnc1CNCc1ccc(CNC2CCCc3cccnc32)cc1. The van der Waals surface area contributed by atoms with Crippen LogP contribution in [0.25, 0.3) is 0 Å². The Morgan fingerprint density at radius 1 is 0.935 bits per heavy atom. The standard InChI is InChI=1S/C26H32N4O/c1-2-16-31-25-9-5-14-28-24(25)19-27-17-20-10-12-21(13-11-20)18-30-23-8-3-6-22-7-4-15-29-26(22)23/h4-5,7,9-15,23,27,30H,2-3,6,8,16-19H2,1H3. The first-order valence-corrected chi connectivity index (χ1v) is 11.4. The van der Waals surface area contributed by atoms with Gasteiger partial charge >= 0.3 is 0 Å². The fraction of sp³-hybridized carbons (Fsp3) is 0.385. The lowest BCUT2D eigenvalue weighted by atomic mass is 9.92. The molecule has 2 N–H and O–H groups in total. The Morgan fingerprint density at radius 3 is 2.55 bits per heavy atom. The van der Waals surface area contributed by atoms with Crippen LogP contribution in [-0.2, 0) is 26.1 Å². The molecule has 1 aromatic carbocycles. The van der Waals surface area contributed by atoms with Crippen LogP contribution in [0.15, 0.2) is 60.9 Å². The summed E-state index contributed by atoms with van der Waals surface area (Å²) in [5.74, 6) is 0.872. The molecule has 0 amide bonds. The van der Waals surface area contributed by atoms with Gasteiger partial charge in [-0.05, 0) is 60.6 Å². The van der Waals surface area contributed by atoms with Crippen LogP contribution in [0.3, 0.4) is 0 Å². The van der Waals surface area contributed by atoms with Crippen LogP contribution in [-0.4, -0.2) is 16.6 Å². The van der Waals surface area contributed by atoms with Gasteiger partial charge in [-0.1, -0.05) is 37.3 Å². The molecule has 5 nitrogen and oxygen atoms in total. The van der Waals surface area contributed by atoms with Crippen LogP contribution >= 0.6 is 0 Å². The summed E-state index contributed by atoms with van der Waals surface area (Å²) in [6, 6.07) is 17.3. The molecule has 0 spiro atoms. The zero-order chi connectivity index (χ0) is 21.3. The first-order chi connectivity index (χ1) is 15.3. The molecule has 1 aliphatic carbocycles. The highest BCUT2D eigenvalue weighted by Crippen LogP contribution is 2.27. The first-order valence-electron chi connectivity index (χ1n) is 11.4. The monoisotopic (exact) mass is 416 g/mol. The zero-order valence-electron chi connectivity index (χ0n) is 18.3. The predicted molar refractivity (Wildman–Crippen MR) is 124 cm³/mol. The van der Waals surface area contributed by atoms with Gasteiger partial charge in [0.1, 0.15) is 5.75 Å². The minimum absolute atomic E-state index is 0.355. The maximum absolute atomic E-state index is 5.79. The van der Waals surface area contributed by atoms with Crippen molar-refractivity contribution < 1.29 is 4.74 Å². The first kappa shape index (κ1) is 21.5. The molecule has 0 bridgehead atoms. The number of fused-ring (bicyclic) bond motifs is 1. The van der Waals surface area contributed by atoms with Gasteiger partial charge in [0.05, 0.1) is 24.0 Å². The lowest BCUT2D eigenvalue weighted by Crippen LogP contribution is -2.25. The fourth-order valence-corrected chi connectivity index (χ4v) is 4.05. The number of pyridine rings is 2. The van der Waals surface area contributed by atoms with Gasteiger partial charge in [-0.15, -0.1) is 0 Å². The molecule has 0 aliphatic heterocycles. The zero-order valence-corrected chi connectivity index (χ0v) is 18.3. The molecule has 0 saturated heterocycles. The van der Waals surface area contributed by atoms with Gasteiger partial charge in [-0.2, -0.15) is 0 Å². The van der Waals surface area contributed by atoms with Crippen molar-refractivity contribution in [3.8, 4) is 5.75 Å². The molecule has 2 aromatic heterocycles. The third kappa shape index (κ3) is 5.90. The number of aromatic nitrogens is 2. The van der Waals surface area contributed by atoms with E-state index in [0.29, 0.717) is 12.6 Å². The molecule has 3 aromatic rings. The number of hydrogen-bond donors (Lipinski definition) is 2. The van der Waals surface area contributed by atoms with Crippen LogP contribution in [0.2, 0.25) is 0 Å². The third-order valence-electron chi connectivity index (χ3n) is 5.70. The number of nitrogens with one attached hydrogen (secondary N) is 2. The van der Waals surface area contributed by atoms with E-state index in [0.717, 1.165) is 50.4 Å². The fourth-order valence-electron chi connectivity index (χ4n) is 4.05. The summed E-state index contributed by atoms with van der Waals surface area (Å²) in [7, 11) is 0. The molecule has 5 heteroatoms. The molecule has 1 atom stereocenters. The number of aryl methyl sites for hydroxylation is 1. The quantitative estimate of drug-likeness (QED) is 0.501. The average molecular weight is 417 g/mol. The molecule has 1 aliphatic rings. The van der Waals surface area contributed by atoms with Crippen LogP contribution < -0.4 is 15.4 Å². The molecule has 0 radical (unpaired) electrons. The summed E-state index contributed by atoms with van der Waals surface area (Å²) in [6.07, 6.45) is 8.24. The van der Waals surface area contributed by atoms with Crippen LogP contribution in [0, 0.1) is 0 Å². The minimum Gasteiger partial charge on any atom is -0.492 e. The Morgan fingerprint density at radius 2 is 1.71 bits per heavy atom. The van der Waals surface area contributed by atoms with Crippen molar-refractivity contribution in [1.29, 1.82) is 0 Å². The molecule has 2 heterocycles. The predicted octanol–water partition coefficient (Wildman–Crippen LogP) is 4.72. The van der Waals surface area contributed by atoms with E-state index in [9.17, 15) is 0 Å². The molecular weight excluding hydrogens is 384 g/mol. The number of nitrogens with zero attached hydrogens (tertiary/aromatic N) is 2. The smallest absolute Gasteiger partial charge is 0.142 e. The van der Waals surface area contributed by atoms with E-state index in [4.69, 9.17) is 4.74 Å². The van der Waals surface area contributed by atoms with E-state index in [1.54, 1.807) is 0 Å². The van der Waals surface area contributed by atoms with Crippen LogP contribution in [0.5, 0.6) is 5.75 Å². The summed E-state index contributed by atoms with van der Waals surface area (Å²) >= 11 is 0. The lowest BCUT2D eigenvalue weighted by Gasteiger charge is -2.25. The van der Waals surface area contributed by atoms with Crippen LogP contribution in [0.4, 0.5) is 0 Å². The van der Waals surface area contributed by atoms with E-state index in [1.165, 1.54) is 28.8 Å². The van der Waals surface area contributed by atoms with Gasteiger partial charge < -0.3 is 15.4 Å². The Labute approximate surface area is 185 Å².